The van der Waals surface area contributed by atoms with Gasteiger partial charge in [0.2, 0.25) is 11.9 Å². The quantitative estimate of drug-likeness (QED) is 0.332. The van der Waals surface area contributed by atoms with Crippen molar-refractivity contribution in [1.29, 1.82) is 0 Å². The monoisotopic (exact) mass is 578 g/mol. The molecular formula is C30H32F2N6O4. The van der Waals surface area contributed by atoms with Gasteiger partial charge in [0.05, 0.1) is 36.6 Å². The lowest BCUT2D eigenvalue weighted by atomic mass is 10.0. The molecule has 0 bridgehead atoms. The Morgan fingerprint density at radius 3 is 2.52 bits per heavy atom. The minimum absolute atomic E-state index is 0.0299. The number of hydrogen-bond acceptors (Lipinski definition) is 7. The van der Waals surface area contributed by atoms with Crippen LogP contribution in [-0.4, -0.2) is 75.6 Å². The van der Waals surface area contributed by atoms with Crippen LogP contribution in [-0.2, 0) is 23.1 Å². The van der Waals surface area contributed by atoms with Crippen molar-refractivity contribution in [2.75, 3.05) is 37.7 Å². The number of nitrogens with zero attached hydrogens (tertiary/aromatic N) is 6. The highest BCUT2D eigenvalue weighted by Gasteiger charge is 2.35. The van der Waals surface area contributed by atoms with Gasteiger partial charge in [-0.3, -0.25) is 19.0 Å². The first kappa shape index (κ1) is 27.8. The highest BCUT2D eigenvalue weighted by Crippen LogP contribution is 2.28. The number of benzene rings is 2. The van der Waals surface area contributed by atoms with Gasteiger partial charge in [0, 0.05) is 56.2 Å². The fraction of sp³-hybridized carbons (Fsp3) is 0.400. The minimum Gasteiger partial charge on any atom is -0.434 e. The number of piperazine rings is 1. The van der Waals surface area contributed by atoms with Crippen molar-refractivity contribution in [3.63, 3.8) is 0 Å². The van der Waals surface area contributed by atoms with Gasteiger partial charge in [0.15, 0.2) is 0 Å². The third-order valence-corrected chi connectivity index (χ3v) is 8.07. The molecule has 2 aliphatic heterocycles. The molecule has 4 heterocycles. The molecule has 42 heavy (non-hydrogen) atoms. The van der Waals surface area contributed by atoms with E-state index in [2.05, 4.69) is 14.9 Å². The van der Waals surface area contributed by atoms with E-state index in [1.165, 1.54) is 10.7 Å². The SMILES string of the molecule is Cc1ccc(OC(F)F)c(Cn2c3cc(-c4cnc(N5CCN(C(=O)C6COC6)C(C)C5)nc4)ccc3c(=O)n2C)c1. The molecule has 0 spiro atoms. The zero-order chi connectivity index (χ0) is 29.5. The van der Waals surface area contributed by atoms with Crippen LogP contribution in [0.15, 0.2) is 53.6 Å². The number of aryl methyl sites for hydroxylation is 1. The topological polar surface area (TPSA) is 94.7 Å². The van der Waals surface area contributed by atoms with Gasteiger partial charge in [-0.05, 0) is 37.6 Å². The van der Waals surface area contributed by atoms with Crippen molar-refractivity contribution in [3.05, 3.63) is 70.3 Å². The van der Waals surface area contributed by atoms with E-state index in [1.54, 1.807) is 42.3 Å². The summed E-state index contributed by atoms with van der Waals surface area (Å²) < 4.78 is 39.3. The molecule has 2 fully saturated rings. The van der Waals surface area contributed by atoms with Crippen LogP contribution in [0.25, 0.3) is 22.0 Å². The van der Waals surface area contributed by atoms with Crippen molar-refractivity contribution < 1.29 is 23.0 Å². The Balaban J connectivity index is 1.24. The van der Waals surface area contributed by atoms with Crippen LogP contribution in [0.1, 0.15) is 18.1 Å². The normalized spacial score (nSPS) is 17.6. The van der Waals surface area contributed by atoms with Crippen LogP contribution in [0.4, 0.5) is 14.7 Å². The van der Waals surface area contributed by atoms with E-state index in [1.807, 2.05) is 30.9 Å². The lowest BCUT2D eigenvalue weighted by molar-refractivity contribution is -0.152. The zero-order valence-electron chi connectivity index (χ0n) is 23.7. The lowest BCUT2D eigenvalue weighted by Crippen LogP contribution is -2.57. The third-order valence-electron chi connectivity index (χ3n) is 8.07. The summed E-state index contributed by atoms with van der Waals surface area (Å²) in [4.78, 5) is 38.9. The Kier molecular flexibility index (Phi) is 7.40. The Morgan fingerprint density at radius 2 is 1.86 bits per heavy atom. The first-order valence-corrected chi connectivity index (χ1v) is 13.9. The fourth-order valence-electron chi connectivity index (χ4n) is 5.66. The molecule has 1 unspecified atom stereocenters. The van der Waals surface area contributed by atoms with E-state index in [4.69, 9.17) is 9.47 Å². The van der Waals surface area contributed by atoms with E-state index >= 15 is 0 Å². The number of halogens is 2. The maximum absolute atomic E-state index is 13.1. The molecule has 2 aliphatic rings. The fourth-order valence-corrected chi connectivity index (χ4v) is 5.66. The lowest BCUT2D eigenvalue weighted by Gasteiger charge is -2.42. The summed E-state index contributed by atoms with van der Waals surface area (Å²) in [5.74, 6) is 0.785. The summed E-state index contributed by atoms with van der Waals surface area (Å²) in [5.41, 5.74) is 3.48. The van der Waals surface area contributed by atoms with Gasteiger partial charge in [-0.2, -0.15) is 8.78 Å². The van der Waals surface area contributed by atoms with Gasteiger partial charge in [0.1, 0.15) is 5.75 Å². The van der Waals surface area contributed by atoms with E-state index in [-0.39, 0.29) is 35.7 Å². The number of rotatable bonds is 7. The smallest absolute Gasteiger partial charge is 0.387 e. The Bertz CT molecular complexity index is 1680. The molecule has 1 atom stereocenters. The van der Waals surface area contributed by atoms with Gasteiger partial charge in [-0.15, -0.1) is 0 Å². The average molecular weight is 579 g/mol. The molecule has 2 aromatic heterocycles. The highest BCUT2D eigenvalue weighted by atomic mass is 19.3. The molecule has 0 saturated carbocycles. The molecule has 220 valence electrons. The zero-order valence-corrected chi connectivity index (χ0v) is 23.7. The Morgan fingerprint density at radius 1 is 1.10 bits per heavy atom. The number of anilines is 1. The van der Waals surface area contributed by atoms with Gasteiger partial charge in [-0.25, -0.2) is 9.97 Å². The second-order valence-corrected chi connectivity index (χ2v) is 10.9. The second-order valence-electron chi connectivity index (χ2n) is 10.9. The number of hydrogen-bond donors (Lipinski definition) is 0. The van der Waals surface area contributed by atoms with Gasteiger partial charge in [0.25, 0.3) is 5.56 Å². The van der Waals surface area contributed by atoms with Crippen molar-refractivity contribution in [1.82, 2.24) is 24.2 Å². The van der Waals surface area contributed by atoms with Crippen LogP contribution in [0.3, 0.4) is 0 Å². The van der Waals surface area contributed by atoms with E-state index in [9.17, 15) is 18.4 Å². The molecule has 6 rings (SSSR count). The molecule has 10 nitrogen and oxygen atoms in total. The first-order valence-electron chi connectivity index (χ1n) is 13.9. The summed E-state index contributed by atoms with van der Waals surface area (Å²) in [5, 5.41) is 0.512. The minimum atomic E-state index is -2.96. The number of carbonyl (C=O) groups is 1. The summed E-state index contributed by atoms with van der Waals surface area (Å²) in [6, 6.07) is 10.5. The standard InChI is InChI=1S/C30H32F2N6O4/c1-18-4-7-26(42-29(31)32)21(10-18)15-38-25-11-20(5-6-24(25)28(40)35(38)3)22-12-33-30(34-13-22)36-8-9-37(19(2)14-36)27(39)23-16-41-17-23/h4-7,10-13,19,23,29H,8-9,14-17H2,1-3H3. The molecule has 4 aromatic rings. The molecule has 2 saturated heterocycles. The maximum atomic E-state index is 13.1. The largest absolute Gasteiger partial charge is 0.434 e. The van der Waals surface area contributed by atoms with Crippen LogP contribution < -0.4 is 15.2 Å². The number of carbonyl (C=O) groups excluding carboxylic acids is 1. The number of amides is 1. The van der Waals surface area contributed by atoms with E-state index in [0.717, 1.165) is 16.7 Å². The highest BCUT2D eigenvalue weighted by molar-refractivity contribution is 5.84. The number of fused-ring (bicyclic) bond motifs is 1. The molecule has 0 aliphatic carbocycles. The van der Waals surface area contributed by atoms with Crippen molar-refractivity contribution in [2.24, 2.45) is 13.0 Å². The second kappa shape index (κ2) is 11.2. The Labute approximate surface area is 241 Å². The number of aromatic nitrogens is 4. The van der Waals surface area contributed by atoms with Crippen molar-refractivity contribution >= 4 is 22.8 Å². The van der Waals surface area contributed by atoms with Crippen LogP contribution in [0.5, 0.6) is 5.75 Å². The van der Waals surface area contributed by atoms with Gasteiger partial charge < -0.3 is 19.3 Å². The van der Waals surface area contributed by atoms with E-state index < -0.39 is 6.61 Å². The molecule has 0 radical (unpaired) electrons. The average Bonchev–Trinajstić information content (AvgIpc) is 3.17. The summed E-state index contributed by atoms with van der Waals surface area (Å²) in [7, 11) is 1.65. The van der Waals surface area contributed by atoms with Crippen LogP contribution in [0.2, 0.25) is 0 Å². The molecular weight excluding hydrogens is 546 g/mol. The summed E-state index contributed by atoms with van der Waals surface area (Å²) in [6.45, 7) is 4.00. The predicted octanol–water partition coefficient (Wildman–Crippen LogP) is 3.44. The molecule has 12 heteroatoms. The molecule has 1 amide bonds. The van der Waals surface area contributed by atoms with Crippen LogP contribution >= 0.6 is 0 Å². The summed E-state index contributed by atoms with van der Waals surface area (Å²) in [6.07, 6.45) is 3.50. The summed E-state index contributed by atoms with van der Waals surface area (Å²) >= 11 is 0. The van der Waals surface area contributed by atoms with Crippen molar-refractivity contribution in [3.8, 4) is 16.9 Å². The number of ether oxygens (including phenoxy) is 2. The van der Waals surface area contributed by atoms with Crippen molar-refractivity contribution in [2.45, 2.75) is 33.0 Å². The van der Waals surface area contributed by atoms with Gasteiger partial charge >= 0.3 is 6.61 Å². The Hall–Kier alpha value is -4.32. The third kappa shape index (κ3) is 5.22. The van der Waals surface area contributed by atoms with Crippen LogP contribution in [0, 0.1) is 12.8 Å². The predicted molar refractivity (Wildman–Crippen MR) is 153 cm³/mol. The molecule has 2 aromatic carbocycles. The maximum Gasteiger partial charge on any atom is 0.387 e. The van der Waals surface area contributed by atoms with Gasteiger partial charge in [-0.1, -0.05) is 23.8 Å². The first-order chi connectivity index (χ1) is 20.2. The number of alkyl halides is 2. The molecule has 0 N–H and O–H groups in total. The van der Waals surface area contributed by atoms with E-state index in [0.29, 0.717) is 55.3 Å².